The number of aromatic nitrogens is 1. The van der Waals surface area contributed by atoms with Gasteiger partial charge in [0.15, 0.2) is 11.5 Å². The maximum atomic E-state index is 13.6. The molecule has 0 aliphatic rings. The zero-order chi connectivity index (χ0) is 13.0. The lowest BCUT2D eigenvalue weighted by Gasteiger charge is -2.08. The number of ether oxygens (including phenoxy) is 1. The summed E-state index contributed by atoms with van der Waals surface area (Å²) in [6, 6.07) is 0.914. The smallest absolute Gasteiger partial charge is 0.360 e. The largest absolute Gasteiger partial charge is 0.461 e. The number of alkyl halides is 3. The van der Waals surface area contributed by atoms with Crippen LogP contribution in [-0.4, -0.2) is 17.6 Å². The lowest BCUT2D eigenvalue weighted by atomic mass is 10.2. The van der Waals surface area contributed by atoms with Crippen LogP contribution in [0, 0.1) is 5.82 Å². The highest BCUT2D eigenvalue weighted by atomic mass is 79.9. The molecule has 1 heterocycles. The fourth-order valence-corrected chi connectivity index (χ4v) is 1.45. The van der Waals surface area contributed by atoms with Gasteiger partial charge < -0.3 is 4.74 Å². The highest BCUT2D eigenvalue weighted by Crippen LogP contribution is 2.25. The molecule has 1 aromatic rings. The summed E-state index contributed by atoms with van der Waals surface area (Å²) in [6.07, 6.45) is -3.01. The maximum Gasteiger partial charge on any atom is 0.360 e. The molecule has 0 amide bonds. The molecule has 0 unspecified atom stereocenters. The van der Waals surface area contributed by atoms with Crippen molar-refractivity contribution in [3.63, 3.8) is 0 Å². The second kappa shape index (κ2) is 6.00. The molecule has 0 spiro atoms. The lowest BCUT2D eigenvalue weighted by Crippen LogP contribution is -2.13. The zero-order valence-electron chi connectivity index (χ0n) is 8.84. The van der Waals surface area contributed by atoms with Gasteiger partial charge in [0.05, 0.1) is 17.9 Å². The Labute approximate surface area is 104 Å². The number of hydrogen-bond acceptors (Lipinski definition) is 3. The van der Waals surface area contributed by atoms with Gasteiger partial charge in [0.1, 0.15) is 0 Å². The fraction of sp³-hybridized carbons (Fsp3) is 0.400. The van der Waals surface area contributed by atoms with E-state index in [-0.39, 0.29) is 17.6 Å². The Bertz CT molecular complexity index is 426. The molecule has 17 heavy (non-hydrogen) atoms. The molecule has 94 valence electrons. The topological polar surface area (TPSA) is 39.2 Å². The van der Waals surface area contributed by atoms with Crippen molar-refractivity contribution in [1.29, 1.82) is 0 Å². The van der Waals surface area contributed by atoms with E-state index in [2.05, 4.69) is 25.7 Å². The summed E-state index contributed by atoms with van der Waals surface area (Å²) in [6.45, 7) is 1.54. The van der Waals surface area contributed by atoms with Gasteiger partial charge in [0.2, 0.25) is 0 Å². The van der Waals surface area contributed by atoms with Crippen LogP contribution in [0.1, 0.15) is 35.1 Å². The van der Waals surface area contributed by atoms with Crippen molar-refractivity contribution in [1.82, 2.24) is 4.98 Å². The highest BCUT2D eigenvalue weighted by molar-refractivity contribution is 9.08. The normalized spacial score (nSPS) is 10.7. The number of carbonyl (C=O) groups excluding carboxylic acids is 1. The maximum absolute atomic E-state index is 13.6. The molecule has 0 N–H and O–H groups in total. The van der Waals surface area contributed by atoms with E-state index in [1.165, 1.54) is 6.92 Å². The number of halogens is 4. The van der Waals surface area contributed by atoms with Crippen LogP contribution in [0.3, 0.4) is 0 Å². The van der Waals surface area contributed by atoms with Crippen molar-refractivity contribution in [2.75, 3.05) is 6.61 Å². The van der Waals surface area contributed by atoms with Gasteiger partial charge in [-0.3, -0.25) is 0 Å². The summed E-state index contributed by atoms with van der Waals surface area (Å²) in [5, 5.41) is 0.138. The van der Waals surface area contributed by atoms with Crippen LogP contribution < -0.4 is 0 Å². The third-order valence-corrected chi connectivity index (χ3v) is 2.45. The van der Waals surface area contributed by atoms with Gasteiger partial charge in [-0.05, 0) is 13.0 Å². The molecule has 0 aromatic carbocycles. The number of pyridine rings is 1. The number of nitrogens with zero attached hydrogens (tertiary/aromatic N) is 1. The van der Waals surface area contributed by atoms with Crippen LogP contribution >= 0.6 is 15.9 Å². The van der Waals surface area contributed by atoms with Crippen LogP contribution in [0.5, 0.6) is 0 Å². The first-order valence-corrected chi connectivity index (χ1v) is 5.83. The van der Waals surface area contributed by atoms with Gasteiger partial charge in [-0.1, -0.05) is 15.9 Å². The van der Waals surface area contributed by atoms with Gasteiger partial charge in [-0.2, -0.15) is 0 Å². The minimum absolute atomic E-state index is 0.0164. The number of carbonyl (C=O) groups is 1. The molecule has 0 saturated heterocycles. The molecule has 0 aliphatic carbocycles. The first kappa shape index (κ1) is 14.0. The summed E-state index contributed by atoms with van der Waals surface area (Å²) in [5.41, 5.74) is -1.42. The van der Waals surface area contributed by atoms with Gasteiger partial charge >= 0.3 is 5.97 Å². The predicted molar refractivity (Wildman–Crippen MR) is 57.7 cm³/mol. The fourth-order valence-electron chi connectivity index (χ4n) is 1.17. The molecule has 3 nitrogen and oxygen atoms in total. The standard InChI is InChI=1S/C10H9BrF3NO2/c1-2-17-10(16)8-7(12)6(9(13)14)3-5(4-11)15-8/h3,9H,2,4H2,1H3. The summed E-state index contributed by atoms with van der Waals surface area (Å²) >= 11 is 3.01. The van der Waals surface area contributed by atoms with Crippen molar-refractivity contribution >= 4 is 21.9 Å². The molecule has 0 atom stereocenters. The van der Waals surface area contributed by atoms with E-state index in [1.807, 2.05) is 0 Å². The average Bonchev–Trinajstić information content (AvgIpc) is 2.29. The summed E-state index contributed by atoms with van der Waals surface area (Å²) < 4.78 is 43.2. The average molecular weight is 312 g/mol. The van der Waals surface area contributed by atoms with Crippen LogP contribution in [0.4, 0.5) is 13.2 Å². The second-order valence-corrected chi connectivity index (χ2v) is 3.58. The Morgan fingerprint density at radius 2 is 2.24 bits per heavy atom. The second-order valence-electron chi connectivity index (χ2n) is 3.02. The molecule has 0 bridgehead atoms. The van der Waals surface area contributed by atoms with E-state index in [9.17, 15) is 18.0 Å². The van der Waals surface area contributed by atoms with E-state index in [1.54, 1.807) is 0 Å². The summed E-state index contributed by atoms with van der Waals surface area (Å²) in [7, 11) is 0. The third kappa shape index (κ3) is 3.18. The zero-order valence-corrected chi connectivity index (χ0v) is 10.4. The number of hydrogen-bond donors (Lipinski definition) is 0. The number of esters is 1. The van der Waals surface area contributed by atoms with E-state index in [0.29, 0.717) is 0 Å². The quantitative estimate of drug-likeness (QED) is 0.633. The minimum Gasteiger partial charge on any atom is -0.461 e. The van der Waals surface area contributed by atoms with Gasteiger partial charge in [0, 0.05) is 5.33 Å². The van der Waals surface area contributed by atoms with Crippen LogP contribution in [-0.2, 0) is 10.1 Å². The molecular weight excluding hydrogens is 303 g/mol. The summed E-state index contributed by atoms with van der Waals surface area (Å²) in [4.78, 5) is 14.9. The molecule has 1 aromatic heterocycles. The monoisotopic (exact) mass is 311 g/mol. The highest BCUT2D eigenvalue weighted by Gasteiger charge is 2.24. The van der Waals surface area contributed by atoms with E-state index in [4.69, 9.17) is 0 Å². The Hall–Kier alpha value is -1.11. The van der Waals surface area contributed by atoms with Crippen molar-refractivity contribution in [3.8, 4) is 0 Å². The molecule has 7 heteroatoms. The SMILES string of the molecule is CCOC(=O)c1nc(CBr)cc(C(F)F)c1F. The Morgan fingerprint density at radius 1 is 1.59 bits per heavy atom. The molecule has 0 fully saturated rings. The molecule has 1 rings (SSSR count). The predicted octanol–water partition coefficient (Wildman–Crippen LogP) is 3.23. The van der Waals surface area contributed by atoms with E-state index < -0.39 is 29.5 Å². The molecular formula is C10H9BrF3NO2. The third-order valence-electron chi connectivity index (χ3n) is 1.88. The van der Waals surface area contributed by atoms with Crippen molar-refractivity contribution in [2.24, 2.45) is 0 Å². The minimum atomic E-state index is -3.01. The van der Waals surface area contributed by atoms with Crippen LogP contribution in [0.2, 0.25) is 0 Å². The van der Waals surface area contributed by atoms with Crippen molar-refractivity contribution in [2.45, 2.75) is 18.7 Å². The Balaban J connectivity index is 3.28. The van der Waals surface area contributed by atoms with Gasteiger partial charge in [-0.25, -0.2) is 22.9 Å². The first-order chi connectivity index (χ1) is 8.01. The summed E-state index contributed by atoms with van der Waals surface area (Å²) in [5.74, 6) is -2.38. The van der Waals surface area contributed by atoms with Crippen LogP contribution in [0.25, 0.3) is 0 Å². The van der Waals surface area contributed by atoms with Crippen LogP contribution in [0.15, 0.2) is 6.07 Å². The first-order valence-electron chi connectivity index (χ1n) is 4.71. The Morgan fingerprint density at radius 3 is 2.71 bits per heavy atom. The molecule has 0 saturated carbocycles. The number of rotatable bonds is 4. The van der Waals surface area contributed by atoms with E-state index >= 15 is 0 Å². The lowest BCUT2D eigenvalue weighted by molar-refractivity contribution is 0.0511. The Kier molecular flexibility index (Phi) is 4.92. The van der Waals surface area contributed by atoms with Gasteiger partial charge in [-0.15, -0.1) is 0 Å². The van der Waals surface area contributed by atoms with E-state index in [0.717, 1.165) is 6.07 Å². The molecule has 0 aliphatic heterocycles. The van der Waals surface area contributed by atoms with Crippen molar-refractivity contribution < 1.29 is 22.7 Å². The van der Waals surface area contributed by atoms with Gasteiger partial charge in [0.25, 0.3) is 6.43 Å². The van der Waals surface area contributed by atoms with Crippen molar-refractivity contribution in [3.05, 3.63) is 28.8 Å². The molecule has 0 radical (unpaired) electrons.